The Morgan fingerprint density at radius 2 is 2.00 bits per heavy atom. The van der Waals surface area contributed by atoms with Gasteiger partial charge in [0, 0.05) is 25.3 Å². The topological polar surface area (TPSA) is 39.7 Å². The van der Waals surface area contributed by atoms with E-state index in [4.69, 9.17) is 14.2 Å². The molecule has 0 amide bonds. The summed E-state index contributed by atoms with van der Waals surface area (Å²) in [6.07, 6.45) is 1.12. The molecule has 4 nitrogen and oxygen atoms in total. The third-order valence-electron chi connectivity index (χ3n) is 2.56. The second-order valence-electron chi connectivity index (χ2n) is 3.99. The van der Waals surface area contributed by atoms with Crippen LogP contribution in [0, 0.1) is 0 Å². The van der Waals surface area contributed by atoms with Gasteiger partial charge in [0.05, 0.1) is 13.7 Å². The monoisotopic (exact) mass is 253 g/mol. The van der Waals surface area contributed by atoms with Gasteiger partial charge >= 0.3 is 0 Å². The Hall–Kier alpha value is -1.26. The smallest absolute Gasteiger partial charge is 0.127 e. The Labute approximate surface area is 109 Å². The second-order valence-corrected chi connectivity index (χ2v) is 3.99. The minimum absolute atomic E-state index is 0.546. The molecule has 18 heavy (non-hydrogen) atoms. The number of hydrogen-bond donors (Lipinski definition) is 1. The normalized spacial score (nSPS) is 10.4. The molecule has 0 spiro atoms. The van der Waals surface area contributed by atoms with E-state index in [-0.39, 0.29) is 0 Å². The van der Waals surface area contributed by atoms with Crippen LogP contribution in [-0.4, -0.2) is 34.0 Å². The van der Waals surface area contributed by atoms with Crippen LogP contribution < -0.4 is 14.8 Å². The first-order chi connectivity index (χ1) is 8.81. The lowest BCUT2D eigenvalue weighted by Crippen LogP contribution is -2.15. The van der Waals surface area contributed by atoms with Gasteiger partial charge in [-0.25, -0.2) is 0 Å². The Balaban J connectivity index is 2.66. The fraction of sp³-hybridized carbons (Fsp3) is 0.571. The zero-order chi connectivity index (χ0) is 13.2. The van der Waals surface area contributed by atoms with Crippen molar-refractivity contribution in [1.82, 2.24) is 5.32 Å². The quantitative estimate of drug-likeness (QED) is 0.685. The van der Waals surface area contributed by atoms with E-state index in [0.29, 0.717) is 13.2 Å². The van der Waals surface area contributed by atoms with Gasteiger partial charge in [0.1, 0.15) is 18.1 Å². The highest BCUT2D eigenvalue weighted by atomic mass is 16.5. The van der Waals surface area contributed by atoms with Crippen LogP contribution in [0.5, 0.6) is 11.5 Å². The molecule has 1 N–H and O–H groups in total. The second kappa shape index (κ2) is 8.78. The molecule has 0 fully saturated rings. The van der Waals surface area contributed by atoms with E-state index in [1.54, 1.807) is 14.2 Å². The molecule has 0 aliphatic heterocycles. The molecule has 102 valence electrons. The summed E-state index contributed by atoms with van der Waals surface area (Å²) in [7, 11) is 3.32. The molecule has 0 unspecified atom stereocenters. The molecule has 0 aliphatic rings. The van der Waals surface area contributed by atoms with Crippen LogP contribution in [0.2, 0.25) is 0 Å². The Morgan fingerprint density at radius 1 is 1.17 bits per heavy atom. The van der Waals surface area contributed by atoms with Crippen LogP contribution in [0.4, 0.5) is 0 Å². The van der Waals surface area contributed by atoms with Gasteiger partial charge in [0.15, 0.2) is 0 Å². The van der Waals surface area contributed by atoms with Crippen molar-refractivity contribution in [2.45, 2.75) is 19.9 Å². The molecule has 0 bridgehead atoms. The van der Waals surface area contributed by atoms with Gasteiger partial charge in [0.25, 0.3) is 0 Å². The van der Waals surface area contributed by atoms with E-state index in [1.807, 2.05) is 18.2 Å². The van der Waals surface area contributed by atoms with E-state index in [0.717, 1.165) is 36.6 Å². The highest BCUT2D eigenvalue weighted by Crippen LogP contribution is 2.24. The summed E-state index contributed by atoms with van der Waals surface area (Å²) in [6, 6.07) is 5.90. The van der Waals surface area contributed by atoms with Crippen LogP contribution in [0.25, 0.3) is 0 Å². The maximum absolute atomic E-state index is 5.71. The Kier molecular flexibility index (Phi) is 7.22. The summed E-state index contributed by atoms with van der Waals surface area (Å²) in [5.41, 5.74) is 1.14. The van der Waals surface area contributed by atoms with Gasteiger partial charge in [-0.1, -0.05) is 13.0 Å². The molecule has 0 atom stereocenters. The molecule has 4 heteroatoms. The predicted molar refractivity (Wildman–Crippen MR) is 72.4 cm³/mol. The van der Waals surface area contributed by atoms with Crippen molar-refractivity contribution in [2.75, 3.05) is 34.0 Å². The molecule has 0 radical (unpaired) electrons. The minimum atomic E-state index is 0.546. The first-order valence-electron chi connectivity index (χ1n) is 6.31. The lowest BCUT2D eigenvalue weighted by molar-refractivity contribution is 0.145. The van der Waals surface area contributed by atoms with Crippen molar-refractivity contribution in [3.05, 3.63) is 23.8 Å². The van der Waals surface area contributed by atoms with Gasteiger partial charge in [-0.3, -0.25) is 0 Å². The number of nitrogens with one attached hydrogen (secondary N) is 1. The van der Waals surface area contributed by atoms with E-state index in [1.165, 1.54) is 0 Å². The molecule has 0 aliphatic carbocycles. The molecule has 1 rings (SSSR count). The maximum atomic E-state index is 5.71. The first kappa shape index (κ1) is 14.8. The van der Waals surface area contributed by atoms with Crippen molar-refractivity contribution >= 4 is 0 Å². The largest absolute Gasteiger partial charge is 0.497 e. The van der Waals surface area contributed by atoms with Gasteiger partial charge in [0.2, 0.25) is 0 Å². The van der Waals surface area contributed by atoms with Crippen molar-refractivity contribution in [3.63, 3.8) is 0 Å². The summed E-state index contributed by atoms with van der Waals surface area (Å²) in [5.74, 6) is 1.66. The van der Waals surface area contributed by atoms with Gasteiger partial charge in [-0.05, 0) is 19.0 Å². The summed E-state index contributed by atoms with van der Waals surface area (Å²) < 4.78 is 15.9. The lowest BCUT2D eigenvalue weighted by atomic mass is 10.2. The molecule has 0 saturated heterocycles. The van der Waals surface area contributed by atoms with Crippen molar-refractivity contribution in [2.24, 2.45) is 0 Å². The number of benzene rings is 1. The number of methoxy groups -OCH3 is 2. The minimum Gasteiger partial charge on any atom is -0.497 e. The van der Waals surface area contributed by atoms with E-state index in [9.17, 15) is 0 Å². The third kappa shape index (κ3) is 4.94. The number of ether oxygens (including phenoxy) is 3. The van der Waals surface area contributed by atoms with Gasteiger partial charge in [-0.2, -0.15) is 0 Å². The molecule has 1 aromatic carbocycles. The zero-order valence-corrected chi connectivity index (χ0v) is 11.5. The van der Waals surface area contributed by atoms with Gasteiger partial charge < -0.3 is 19.5 Å². The van der Waals surface area contributed by atoms with Crippen molar-refractivity contribution in [1.29, 1.82) is 0 Å². The molecular weight excluding hydrogens is 230 g/mol. The van der Waals surface area contributed by atoms with E-state index < -0.39 is 0 Å². The molecule has 0 aromatic heterocycles. The first-order valence-corrected chi connectivity index (χ1v) is 6.31. The summed E-state index contributed by atoms with van der Waals surface area (Å²) in [6.45, 7) is 5.09. The number of rotatable bonds is 9. The highest BCUT2D eigenvalue weighted by Gasteiger charge is 2.05. The average Bonchev–Trinajstić information content (AvgIpc) is 2.40. The zero-order valence-electron chi connectivity index (χ0n) is 11.5. The number of hydrogen-bond acceptors (Lipinski definition) is 4. The van der Waals surface area contributed by atoms with Gasteiger partial charge in [-0.15, -0.1) is 0 Å². The fourth-order valence-corrected chi connectivity index (χ4v) is 1.58. The van der Waals surface area contributed by atoms with Crippen LogP contribution in [0.3, 0.4) is 0 Å². The highest BCUT2D eigenvalue weighted by molar-refractivity contribution is 5.40. The molecule has 0 heterocycles. The van der Waals surface area contributed by atoms with Crippen LogP contribution in [-0.2, 0) is 11.3 Å². The predicted octanol–water partition coefficient (Wildman–Crippen LogP) is 2.22. The lowest BCUT2D eigenvalue weighted by Gasteiger charge is -2.13. The molecule has 0 saturated carbocycles. The molecular formula is C14H23NO3. The summed E-state index contributed by atoms with van der Waals surface area (Å²) in [5, 5.41) is 3.37. The third-order valence-corrected chi connectivity index (χ3v) is 2.56. The summed E-state index contributed by atoms with van der Waals surface area (Å²) >= 11 is 0. The van der Waals surface area contributed by atoms with Crippen LogP contribution in [0.15, 0.2) is 18.2 Å². The maximum Gasteiger partial charge on any atom is 0.127 e. The standard InChI is InChI=1S/C14H23NO3/c1-4-7-15-11-12-5-6-13(17-3)10-14(12)18-9-8-16-2/h5-6,10,15H,4,7-9,11H2,1-3H3. The van der Waals surface area contributed by atoms with Crippen molar-refractivity contribution < 1.29 is 14.2 Å². The van der Waals surface area contributed by atoms with Crippen LogP contribution >= 0.6 is 0 Å². The van der Waals surface area contributed by atoms with E-state index in [2.05, 4.69) is 12.2 Å². The van der Waals surface area contributed by atoms with Crippen LogP contribution in [0.1, 0.15) is 18.9 Å². The molecule has 1 aromatic rings. The fourth-order valence-electron chi connectivity index (χ4n) is 1.58. The van der Waals surface area contributed by atoms with E-state index >= 15 is 0 Å². The average molecular weight is 253 g/mol. The Morgan fingerprint density at radius 3 is 2.67 bits per heavy atom. The SMILES string of the molecule is CCCNCc1ccc(OC)cc1OCCOC. The van der Waals surface area contributed by atoms with Crippen molar-refractivity contribution in [3.8, 4) is 11.5 Å². The summed E-state index contributed by atoms with van der Waals surface area (Å²) in [4.78, 5) is 0. The Bertz CT molecular complexity index is 342.